The first-order chi connectivity index (χ1) is 9.26. The third-order valence-electron chi connectivity index (χ3n) is 3.73. The zero-order valence-corrected chi connectivity index (χ0v) is 11.9. The molecule has 4 heteroatoms. The number of anilines is 1. The van der Waals surface area contributed by atoms with E-state index in [-0.39, 0.29) is 5.91 Å². The Bertz CT molecular complexity index is 410. The number of nitrogens with zero attached hydrogens (tertiary/aromatic N) is 2. The molecule has 1 saturated carbocycles. The Morgan fingerprint density at radius 3 is 2.63 bits per heavy atom. The molecule has 19 heavy (non-hydrogen) atoms. The molecule has 1 aromatic rings. The Labute approximate surface area is 115 Å². The van der Waals surface area contributed by atoms with E-state index in [2.05, 4.69) is 10.3 Å². The second kappa shape index (κ2) is 6.55. The summed E-state index contributed by atoms with van der Waals surface area (Å²) in [5, 5.41) is 3.18. The summed E-state index contributed by atoms with van der Waals surface area (Å²) >= 11 is 0. The summed E-state index contributed by atoms with van der Waals surface area (Å²) in [4.78, 5) is 18.7. The molecular formula is C15H23N3O. The van der Waals surface area contributed by atoms with E-state index in [0.717, 1.165) is 31.6 Å². The van der Waals surface area contributed by atoms with Gasteiger partial charge in [-0.2, -0.15) is 0 Å². The number of amides is 1. The highest BCUT2D eigenvalue weighted by molar-refractivity contribution is 5.92. The van der Waals surface area contributed by atoms with Crippen molar-refractivity contribution >= 4 is 11.6 Å². The SMILES string of the molecule is CCNc1ccc(C(=O)N(CC)C2CCCC2)nc1. The molecule has 1 heterocycles. The minimum Gasteiger partial charge on any atom is -0.384 e. The highest BCUT2D eigenvalue weighted by atomic mass is 16.2. The van der Waals surface area contributed by atoms with Crippen molar-refractivity contribution < 1.29 is 4.79 Å². The molecule has 1 aromatic heterocycles. The van der Waals surface area contributed by atoms with Gasteiger partial charge in [0, 0.05) is 19.1 Å². The molecule has 1 aliphatic carbocycles. The quantitative estimate of drug-likeness (QED) is 0.886. The summed E-state index contributed by atoms with van der Waals surface area (Å²) in [5.74, 6) is 0.0671. The van der Waals surface area contributed by atoms with E-state index < -0.39 is 0 Å². The van der Waals surface area contributed by atoms with Crippen molar-refractivity contribution in [3.05, 3.63) is 24.0 Å². The molecule has 0 spiro atoms. The second-order valence-corrected chi connectivity index (χ2v) is 4.99. The second-order valence-electron chi connectivity index (χ2n) is 4.99. The predicted molar refractivity (Wildman–Crippen MR) is 77.4 cm³/mol. The maximum atomic E-state index is 12.5. The maximum absolute atomic E-state index is 12.5. The van der Waals surface area contributed by atoms with Gasteiger partial charge in [0.15, 0.2) is 0 Å². The molecule has 2 rings (SSSR count). The Kier molecular flexibility index (Phi) is 4.77. The van der Waals surface area contributed by atoms with E-state index in [0.29, 0.717) is 11.7 Å². The van der Waals surface area contributed by atoms with Crippen LogP contribution in [0.25, 0.3) is 0 Å². The van der Waals surface area contributed by atoms with Crippen LogP contribution in [0.15, 0.2) is 18.3 Å². The monoisotopic (exact) mass is 261 g/mol. The van der Waals surface area contributed by atoms with Gasteiger partial charge in [0.2, 0.25) is 0 Å². The van der Waals surface area contributed by atoms with Crippen molar-refractivity contribution in [3.63, 3.8) is 0 Å². The van der Waals surface area contributed by atoms with Crippen molar-refractivity contribution in [2.24, 2.45) is 0 Å². The topological polar surface area (TPSA) is 45.2 Å². The van der Waals surface area contributed by atoms with Crippen molar-refractivity contribution in [1.82, 2.24) is 9.88 Å². The number of rotatable bonds is 5. The van der Waals surface area contributed by atoms with Crippen LogP contribution in [0.1, 0.15) is 50.0 Å². The van der Waals surface area contributed by atoms with Crippen LogP contribution in [-0.4, -0.2) is 34.9 Å². The lowest BCUT2D eigenvalue weighted by molar-refractivity contribution is 0.0687. The van der Waals surface area contributed by atoms with Crippen molar-refractivity contribution in [3.8, 4) is 0 Å². The summed E-state index contributed by atoms with van der Waals surface area (Å²) in [5.41, 5.74) is 1.51. The molecule has 0 aliphatic heterocycles. The van der Waals surface area contributed by atoms with Crippen molar-refractivity contribution in [1.29, 1.82) is 0 Å². The number of pyridine rings is 1. The lowest BCUT2D eigenvalue weighted by atomic mass is 10.2. The summed E-state index contributed by atoms with van der Waals surface area (Å²) in [6.45, 7) is 5.71. The van der Waals surface area contributed by atoms with Gasteiger partial charge in [-0.3, -0.25) is 4.79 Å². The van der Waals surface area contributed by atoms with Crippen LogP contribution in [0.5, 0.6) is 0 Å². The summed E-state index contributed by atoms with van der Waals surface area (Å²) < 4.78 is 0. The summed E-state index contributed by atoms with van der Waals surface area (Å²) in [6, 6.07) is 4.15. The first-order valence-corrected chi connectivity index (χ1v) is 7.27. The fraction of sp³-hybridized carbons (Fsp3) is 0.600. The van der Waals surface area contributed by atoms with E-state index in [1.807, 2.05) is 30.9 Å². The van der Waals surface area contributed by atoms with Gasteiger partial charge < -0.3 is 10.2 Å². The molecule has 0 atom stereocenters. The minimum absolute atomic E-state index is 0.0671. The largest absolute Gasteiger partial charge is 0.384 e. The van der Waals surface area contributed by atoms with Gasteiger partial charge in [-0.25, -0.2) is 4.98 Å². The van der Waals surface area contributed by atoms with Crippen molar-refractivity contribution in [2.75, 3.05) is 18.4 Å². The smallest absolute Gasteiger partial charge is 0.272 e. The Morgan fingerprint density at radius 1 is 1.37 bits per heavy atom. The van der Waals surface area contributed by atoms with Gasteiger partial charge in [-0.1, -0.05) is 12.8 Å². The average Bonchev–Trinajstić information content (AvgIpc) is 2.95. The zero-order chi connectivity index (χ0) is 13.7. The fourth-order valence-corrected chi connectivity index (χ4v) is 2.76. The van der Waals surface area contributed by atoms with Gasteiger partial charge in [-0.05, 0) is 38.8 Å². The predicted octanol–water partition coefficient (Wildman–Crippen LogP) is 2.92. The van der Waals surface area contributed by atoms with Gasteiger partial charge >= 0.3 is 0 Å². The lowest BCUT2D eigenvalue weighted by Crippen LogP contribution is -2.39. The third kappa shape index (κ3) is 3.25. The van der Waals surface area contributed by atoms with Crippen LogP contribution in [-0.2, 0) is 0 Å². The van der Waals surface area contributed by atoms with Crippen LogP contribution in [0, 0.1) is 0 Å². The molecule has 0 radical (unpaired) electrons. The van der Waals surface area contributed by atoms with Crippen molar-refractivity contribution in [2.45, 2.75) is 45.6 Å². The molecule has 4 nitrogen and oxygen atoms in total. The maximum Gasteiger partial charge on any atom is 0.272 e. The first kappa shape index (κ1) is 13.8. The number of carbonyl (C=O) groups is 1. The van der Waals surface area contributed by atoms with E-state index in [1.165, 1.54) is 12.8 Å². The molecule has 104 valence electrons. The fourth-order valence-electron chi connectivity index (χ4n) is 2.76. The highest BCUT2D eigenvalue weighted by Gasteiger charge is 2.26. The van der Waals surface area contributed by atoms with Gasteiger partial charge in [-0.15, -0.1) is 0 Å². The van der Waals surface area contributed by atoms with Gasteiger partial charge in [0.05, 0.1) is 11.9 Å². The number of aromatic nitrogens is 1. The number of hydrogen-bond acceptors (Lipinski definition) is 3. The van der Waals surface area contributed by atoms with Gasteiger partial charge in [0.1, 0.15) is 5.69 Å². The first-order valence-electron chi connectivity index (χ1n) is 7.27. The average molecular weight is 261 g/mol. The van der Waals surface area contributed by atoms with Gasteiger partial charge in [0.25, 0.3) is 5.91 Å². The van der Waals surface area contributed by atoms with Crippen LogP contribution in [0.2, 0.25) is 0 Å². The number of carbonyl (C=O) groups excluding carboxylic acids is 1. The summed E-state index contributed by atoms with van der Waals surface area (Å²) in [6.07, 6.45) is 6.48. The van der Waals surface area contributed by atoms with E-state index in [9.17, 15) is 4.79 Å². The van der Waals surface area contributed by atoms with Crippen LogP contribution >= 0.6 is 0 Å². The number of nitrogens with one attached hydrogen (secondary N) is 1. The molecule has 0 unspecified atom stereocenters. The van der Waals surface area contributed by atoms with E-state index in [4.69, 9.17) is 0 Å². The third-order valence-corrected chi connectivity index (χ3v) is 3.73. The molecule has 1 N–H and O–H groups in total. The molecule has 1 aliphatic rings. The molecule has 1 fully saturated rings. The van der Waals surface area contributed by atoms with Crippen LogP contribution in [0.4, 0.5) is 5.69 Å². The molecule has 1 amide bonds. The van der Waals surface area contributed by atoms with Crippen LogP contribution in [0.3, 0.4) is 0 Å². The lowest BCUT2D eigenvalue weighted by Gasteiger charge is -2.27. The Morgan fingerprint density at radius 2 is 2.11 bits per heavy atom. The highest BCUT2D eigenvalue weighted by Crippen LogP contribution is 2.24. The Hall–Kier alpha value is -1.58. The molecule has 0 saturated heterocycles. The zero-order valence-electron chi connectivity index (χ0n) is 11.9. The molecule has 0 aromatic carbocycles. The van der Waals surface area contributed by atoms with E-state index in [1.54, 1.807) is 6.20 Å². The van der Waals surface area contributed by atoms with Crippen LogP contribution < -0.4 is 5.32 Å². The minimum atomic E-state index is 0.0671. The molecule has 0 bridgehead atoms. The van der Waals surface area contributed by atoms with E-state index >= 15 is 0 Å². The summed E-state index contributed by atoms with van der Waals surface area (Å²) in [7, 11) is 0. The molecular weight excluding hydrogens is 238 g/mol. The standard InChI is InChI=1S/C15H23N3O/c1-3-16-12-9-10-14(17-11-12)15(19)18(4-2)13-7-5-6-8-13/h9-11,13,16H,3-8H2,1-2H3. The number of hydrogen-bond donors (Lipinski definition) is 1. The normalized spacial score (nSPS) is 15.5. The Balaban J connectivity index is 2.08.